The number of carbonyl (C=O) groups is 1. The van der Waals surface area contributed by atoms with Gasteiger partial charge in [-0.05, 0) is 30.8 Å². The lowest BCUT2D eigenvalue weighted by molar-refractivity contribution is -0.117. The number of anilines is 2. The molecule has 0 spiro atoms. The van der Waals surface area contributed by atoms with Gasteiger partial charge in [0.2, 0.25) is 5.91 Å². The molecule has 2 rings (SSSR count). The molecule has 21 heavy (non-hydrogen) atoms. The number of halogens is 1. The Balaban J connectivity index is 1.91. The van der Waals surface area contributed by atoms with Crippen molar-refractivity contribution in [2.45, 2.75) is 6.54 Å². The summed E-state index contributed by atoms with van der Waals surface area (Å²) in [6, 6.07) is 14.8. The number of likely N-dealkylation sites (N-methyl/N-ethyl adjacent to an activating group) is 1. The number of nitrogens with zero attached hydrogens (tertiary/aromatic N) is 1. The summed E-state index contributed by atoms with van der Waals surface area (Å²) in [4.78, 5) is 13.9. The maximum absolute atomic E-state index is 12.0. The molecule has 3 N–H and O–H groups in total. The van der Waals surface area contributed by atoms with Crippen LogP contribution in [0.4, 0.5) is 11.4 Å². The molecule has 0 aromatic heterocycles. The Hall–Kier alpha value is -2.04. The highest BCUT2D eigenvalue weighted by Gasteiger charge is 2.10. The molecule has 0 saturated heterocycles. The van der Waals surface area contributed by atoms with Crippen LogP contribution in [0.5, 0.6) is 0 Å². The first-order chi connectivity index (χ1) is 10.1. The van der Waals surface area contributed by atoms with Crippen LogP contribution in [0.15, 0.2) is 48.5 Å². The normalized spacial score (nSPS) is 10.6. The molecule has 0 aliphatic heterocycles. The number of rotatable bonds is 5. The number of nitrogen functional groups attached to an aromatic ring is 1. The van der Waals surface area contributed by atoms with Gasteiger partial charge in [-0.2, -0.15) is 0 Å². The van der Waals surface area contributed by atoms with E-state index in [1.54, 1.807) is 12.1 Å². The van der Waals surface area contributed by atoms with Gasteiger partial charge < -0.3 is 11.1 Å². The van der Waals surface area contributed by atoms with Gasteiger partial charge in [-0.3, -0.25) is 9.69 Å². The molecule has 0 heterocycles. The lowest BCUT2D eigenvalue weighted by Gasteiger charge is -2.17. The van der Waals surface area contributed by atoms with E-state index in [9.17, 15) is 4.79 Å². The molecule has 2 aromatic rings. The van der Waals surface area contributed by atoms with Crippen molar-refractivity contribution < 1.29 is 4.79 Å². The molecule has 0 atom stereocenters. The molecule has 110 valence electrons. The van der Waals surface area contributed by atoms with Crippen molar-refractivity contribution in [2.24, 2.45) is 0 Å². The van der Waals surface area contributed by atoms with Gasteiger partial charge in [0.1, 0.15) is 0 Å². The molecule has 4 nitrogen and oxygen atoms in total. The summed E-state index contributed by atoms with van der Waals surface area (Å²) in [6.07, 6.45) is 0. The number of carbonyl (C=O) groups excluding carboxylic acids is 1. The van der Waals surface area contributed by atoms with Crippen LogP contribution in [0.25, 0.3) is 0 Å². The highest BCUT2D eigenvalue weighted by atomic mass is 35.5. The second kappa shape index (κ2) is 7.11. The minimum atomic E-state index is -0.109. The molecule has 2 aromatic carbocycles. The predicted octanol–water partition coefficient (Wildman–Crippen LogP) is 2.99. The lowest BCUT2D eigenvalue weighted by Crippen LogP contribution is -2.30. The fourth-order valence-corrected chi connectivity index (χ4v) is 2.21. The van der Waals surface area contributed by atoms with E-state index in [1.165, 1.54) is 0 Å². The standard InChI is InChI=1S/C16H18ClN3O/c1-20(10-12-6-2-3-7-13(12)17)11-16(21)19-15-9-5-4-8-14(15)18/h2-9H,10-11,18H2,1H3,(H,19,21). The second-order valence-corrected chi connectivity index (χ2v) is 5.31. The minimum Gasteiger partial charge on any atom is -0.397 e. The molecule has 0 aliphatic rings. The Bertz CT molecular complexity index is 630. The smallest absolute Gasteiger partial charge is 0.238 e. The summed E-state index contributed by atoms with van der Waals surface area (Å²) in [6.45, 7) is 0.872. The highest BCUT2D eigenvalue weighted by Crippen LogP contribution is 2.18. The molecule has 0 aliphatic carbocycles. The lowest BCUT2D eigenvalue weighted by atomic mass is 10.2. The summed E-state index contributed by atoms with van der Waals surface area (Å²) >= 11 is 6.11. The van der Waals surface area contributed by atoms with Crippen LogP contribution < -0.4 is 11.1 Å². The molecule has 0 fully saturated rings. The molecular formula is C16H18ClN3O. The summed E-state index contributed by atoms with van der Waals surface area (Å²) in [5, 5.41) is 3.51. The molecule has 5 heteroatoms. The zero-order chi connectivity index (χ0) is 15.2. The topological polar surface area (TPSA) is 58.4 Å². The molecule has 0 bridgehead atoms. The van der Waals surface area contributed by atoms with Crippen molar-refractivity contribution >= 4 is 28.9 Å². The SMILES string of the molecule is CN(CC(=O)Nc1ccccc1N)Cc1ccccc1Cl. The maximum Gasteiger partial charge on any atom is 0.238 e. The van der Waals surface area contributed by atoms with Gasteiger partial charge in [0.25, 0.3) is 0 Å². The number of nitrogens with one attached hydrogen (secondary N) is 1. The third kappa shape index (κ3) is 4.48. The van der Waals surface area contributed by atoms with Gasteiger partial charge in [-0.1, -0.05) is 41.9 Å². The van der Waals surface area contributed by atoms with E-state index in [2.05, 4.69) is 5.32 Å². The van der Waals surface area contributed by atoms with Crippen molar-refractivity contribution in [1.82, 2.24) is 4.90 Å². The van der Waals surface area contributed by atoms with Gasteiger partial charge in [0.05, 0.1) is 17.9 Å². The highest BCUT2D eigenvalue weighted by molar-refractivity contribution is 6.31. The third-order valence-electron chi connectivity index (χ3n) is 3.05. The Morgan fingerprint density at radius 1 is 1.19 bits per heavy atom. The zero-order valence-electron chi connectivity index (χ0n) is 11.8. The van der Waals surface area contributed by atoms with Crippen molar-refractivity contribution in [3.05, 3.63) is 59.1 Å². The fraction of sp³-hybridized carbons (Fsp3) is 0.188. The summed E-state index contributed by atoms with van der Waals surface area (Å²) < 4.78 is 0. The quantitative estimate of drug-likeness (QED) is 0.835. The number of benzene rings is 2. The fourth-order valence-electron chi connectivity index (χ4n) is 2.02. The molecule has 0 unspecified atom stereocenters. The van der Waals surface area contributed by atoms with Crippen molar-refractivity contribution in [2.75, 3.05) is 24.6 Å². The van der Waals surface area contributed by atoms with Crippen LogP contribution >= 0.6 is 11.6 Å². The van der Waals surface area contributed by atoms with Crippen LogP contribution in [0.1, 0.15) is 5.56 Å². The van der Waals surface area contributed by atoms with E-state index >= 15 is 0 Å². The van der Waals surface area contributed by atoms with E-state index in [0.29, 0.717) is 22.9 Å². The molecule has 0 saturated carbocycles. The van der Waals surface area contributed by atoms with E-state index in [0.717, 1.165) is 5.56 Å². The van der Waals surface area contributed by atoms with Crippen LogP contribution in [0.3, 0.4) is 0 Å². The average molecular weight is 304 g/mol. The first-order valence-electron chi connectivity index (χ1n) is 6.62. The molecule has 0 radical (unpaired) electrons. The average Bonchev–Trinajstić information content (AvgIpc) is 2.44. The van der Waals surface area contributed by atoms with E-state index in [4.69, 9.17) is 17.3 Å². The Labute approximate surface area is 129 Å². The van der Waals surface area contributed by atoms with Gasteiger partial charge in [0.15, 0.2) is 0 Å². The largest absolute Gasteiger partial charge is 0.397 e. The van der Waals surface area contributed by atoms with Crippen molar-refractivity contribution in [1.29, 1.82) is 0 Å². The third-order valence-corrected chi connectivity index (χ3v) is 3.42. The van der Waals surface area contributed by atoms with Gasteiger partial charge >= 0.3 is 0 Å². The van der Waals surface area contributed by atoms with Crippen LogP contribution in [0.2, 0.25) is 5.02 Å². The van der Waals surface area contributed by atoms with Gasteiger partial charge in [-0.15, -0.1) is 0 Å². The molecule has 1 amide bonds. The summed E-state index contributed by atoms with van der Waals surface area (Å²) in [5.41, 5.74) is 7.98. The van der Waals surface area contributed by atoms with E-state index in [1.807, 2.05) is 48.3 Å². The van der Waals surface area contributed by atoms with Gasteiger partial charge in [-0.25, -0.2) is 0 Å². The van der Waals surface area contributed by atoms with Crippen LogP contribution in [-0.4, -0.2) is 24.4 Å². The number of hydrogen-bond acceptors (Lipinski definition) is 3. The predicted molar refractivity (Wildman–Crippen MR) is 87.3 cm³/mol. The van der Waals surface area contributed by atoms with Gasteiger partial charge in [0, 0.05) is 11.6 Å². The molecular weight excluding hydrogens is 286 g/mol. The number of para-hydroxylation sites is 2. The minimum absolute atomic E-state index is 0.109. The van der Waals surface area contributed by atoms with Crippen molar-refractivity contribution in [3.63, 3.8) is 0 Å². The Morgan fingerprint density at radius 3 is 2.57 bits per heavy atom. The Kier molecular flexibility index (Phi) is 5.20. The monoisotopic (exact) mass is 303 g/mol. The number of hydrogen-bond donors (Lipinski definition) is 2. The number of nitrogens with two attached hydrogens (primary N) is 1. The van der Waals surface area contributed by atoms with E-state index < -0.39 is 0 Å². The summed E-state index contributed by atoms with van der Waals surface area (Å²) in [5.74, 6) is -0.109. The maximum atomic E-state index is 12.0. The first kappa shape index (κ1) is 15.4. The van der Waals surface area contributed by atoms with Crippen LogP contribution in [0, 0.1) is 0 Å². The first-order valence-corrected chi connectivity index (χ1v) is 7.00. The number of amides is 1. The zero-order valence-corrected chi connectivity index (χ0v) is 12.6. The van der Waals surface area contributed by atoms with E-state index in [-0.39, 0.29) is 12.5 Å². The second-order valence-electron chi connectivity index (χ2n) is 4.90. The van der Waals surface area contributed by atoms with Crippen LogP contribution in [-0.2, 0) is 11.3 Å². The summed E-state index contributed by atoms with van der Waals surface area (Å²) in [7, 11) is 1.87. The van der Waals surface area contributed by atoms with Crippen molar-refractivity contribution in [3.8, 4) is 0 Å². The Morgan fingerprint density at radius 2 is 1.86 bits per heavy atom.